The second-order valence-corrected chi connectivity index (χ2v) is 4.86. The summed E-state index contributed by atoms with van der Waals surface area (Å²) in [4.78, 5) is 13.0. The monoisotopic (exact) mass is 339 g/mol. The second-order valence-electron chi connectivity index (χ2n) is 4.18. The highest BCUT2D eigenvalue weighted by Gasteiger charge is 2.39. The topological polar surface area (TPSA) is 72.6 Å². The predicted molar refractivity (Wildman–Crippen MR) is 65.9 cm³/mol. The summed E-state index contributed by atoms with van der Waals surface area (Å²) in [5.74, 6) is -0.659. The van der Waals surface area contributed by atoms with E-state index in [4.69, 9.17) is 23.2 Å². The van der Waals surface area contributed by atoms with Crippen LogP contribution in [0.2, 0.25) is 10.6 Å². The molecule has 0 aromatic carbocycles. The van der Waals surface area contributed by atoms with Gasteiger partial charge in [0.15, 0.2) is 5.82 Å². The normalized spacial score (nSPS) is 15.2. The van der Waals surface area contributed by atoms with Gasteiger partial charge in [-0.3, -0.25) is 0 Å². The van der Waals surface area contributed by atoms with E-state index < -0.39 is 12.0 Å². The molecule has 0 fully saturated rings. The summed E-state index contributed by atoms with van der Waals surface area (Å²) >= 11 is 11.4. The maximum atomic E-state index is 12.7. The molecule has 0 bridgehead atoms. The van der Waals surface area contributed by atoms with Crippen molar-refractivity contribution in [3.63, 3.8) is 0 Å². The van der Waals surface area contributed by atoms with Gasteiger partial charge in [-0.05, 0) is 23.2 Å². The molecular formula is C9H6Cl2F3N7. The lowest BCUT2D eigenvalue weighted by atomic mass is 10.3. The van der Waals surface area contributed by atoms with E-state index in [1.807, 2.05) is 0 Å². The van der Waals surface area contributed by atoms with Gasteiger partial charge in [-0.15, -0.1) is 10.2 Å². The summed E-state index contributed by atoms with van der Waals surface area (Å²) in [5.41, 5.74) is 0. The molecule has 0 aliphatic carbocycles. The molecule has 1 aliphatic rings. The van der Waals surface area contributed by atoms with E-state index in [1.165, 1.54) is 0 Å². The average Bonchev–Trinajstić information content (AvgIpc) is 2.80. The van der Waals surface area contributed by atoms with Gasteiger partial charge in [-0.2, -0.15) is 28.1 Å². The van der Waals surface area contributed by atoms with Crippen molar-refractivity contribution in [2.45, 2.75) is 19.3 Å². The molecular weight excluding hydrogens is 334 g/mol. The minimum Gasteiger partial charge on any atom is -0.331 e. The van der Waals surface area contributed by atoms with E-state index in [9.17, 15) is 13.2 Å². The van der Waals surface area contributed by atoms with Crippen LogP contribution in [0.3, 0.4) is 0 Å². The van der Waals surface area contributed by atoms with E-state index in [-0.39, 0.29) is 42.0 Å². The molecule has 112 valence electrons. The lowest BCUT2D eigenvalue weighted by Gasteiger charge is -2.27. The first kappa shape index (κ1) is 14.3. The molecule has 3 heterocycles. The molecule has 0 saturated heterocycles. The Morgan fingerprint density at radius 3 is 2.24 bits per heavy atom. The largest absolute Gasteiger partial charge is 0.451 e. The van der Waals surface area contributed by atoms with Gasteiger partial charge in [0.1, 0.15) is 0 Å². The first-order valence-corrected chi connectivity index (χ1v) is 6.41. The number of nitrogens with zero attached hydrogens (tertiary/aromatic N) is 7. The molecule has 0 unspecified atom stereocenters. The van der Waals surface area contributed by atoms with Crippen molar-refractivity contribution in [3.05, 3.63) is 22.2 Å². The van der Waals surface area contributed by atoms with Crippen LogP contribution in [0.25, 0.3) is 0 Å². The number of anilines is 1. The molecule has 2 aromatic heterocycles. The summed E-state index contributed by atoms with van der Waals surface area (Å²) in [6.45, 7) is 0.364. The molecule has 0 amide bonds. The van der Waals surface area contributed by atoms with Crippen LogP contribution in [-0.4, -0.2) is 36.3 Å². The maximum Gasteiger partial charge on any atom is 0.451 e. The Balaban J connectivity index is 1.90. The van der Waals surface area contributed by atoms with Crippen LogP contribution in [0.15, 0.2) is 0 Å². The zero-order chi connectivity index (χ0) is 15.2. The van der Waals surface area contributed by atoms with Crippen LogP contribution < -0.4 is 4.90 Å². The molecule has 21 heavy (non-hydrogen) atoms. The van der Waals surface area contributed by atoms with Crippen molar-refractivity contribution in [1.82, 2.24) is 29.7 Å². The third-order valence-electron chi connectivity index (χ3n) is 2.86. The third-order valence-corrected chi connectivity index (χ3v) is 3.20. The number of fused-ring (bicyclic) bond motifs is 1. The van der Waals surface area contributed by atoms with Crippen LogP contribution in [0.4, 0.5) is 19.1 Å². The fourth-order valence-electron chi connectivity index (χ4n) is 2.00. The smallest absolute Gasteiger partial charge is 0.331 e. The van der Waals surface area contributed by atoms with E-state index in [1.54, 1.807) is 4.90 Å². The van der Waals surface area contributed by atoms with Gasteiger partial charge in [-0.1, -0.05) is 0 Å². The molecule has 0 N–H and O–H groups in total. The van der Waals surface area contributed by atoms with Crippen molar-refractivity contribution in [2.75, 3.05) is 11.4 Å². The van der Waals surface area contributed by atoms with E-state index in [2.05, 4.69) is 25.1 Å². The van der Waals surface area contributed by atoms with Gasteiger partial charge in [-0.25, -0.2) is 0 Å². The fourth-order valence-corrected chi connectivity index (χ4v) is 2.35. The Morgan fingerprint density at radius 2 is 1.62 bits per heavy atom. The molecule has 0 saturated carbocycles. The number of hydrogen-bond donors (Lipinski definition) is 0. The quantitative estimate of drug-likeness (QED) is 0.788. The zero-order valence-corrected chi connectivity index (χ0v) is 11.7. The zero-order valence-electron chi connectivity index (χ0n) is 10.1. The number of rotatable bonds is 1. The molecule has 0 atom stereocenters. The lowest BCUT2D eigenvalue weighted by molar-refractivity contribution is -0.147. The second kappa shape index (κ2) is 4.95. The van der Waals surface area contributed by atoms with Gasteiger partial charge in [0.2, 0.25) is 22.3 Å². The van der Waals surface area contributed by atoms with Gasteiger partial charge >= 0.3 is 6.18 Å². The van der Waals surface area contributed by atoms with Crippen LogP contribution >= 0.6 is 23.2 Å². The van der Waals surface area contributed by atoms with Gasteiger partial charge < -0.3 is 9.47 Å². The number of aromatic nitrogens is 6. The Morgan fingerprint density at radius 1 is 0.952 bits per heavy atom. The highest BCUT2D eigenvalue weighted by atomic mass is 35.5. The highest BCUT2D eigenvalue weighted by Crippen LogP contribution is 2.30. The molecule has 0 spiro atoms. The van der Waals surface area contributed by atoms with Gasteiger partial charge in [0, 0.05) is 13.1 Å². The Kier molecular flexibility index (Phi) is 3.36. The Bertz CT molecular complexity index is 666. The van der Waals surface area contributed by atoms with Crippen LogP contribution in [-0.2, 0) is 19.3 Å². The summed E-state index contributed by atoms with van der Waals surface area (Å²) in [6.07, 6.45) is -4.53. The number of hydrogen-bond acceptors (Lipinski definition) is 6. The van der Waals surface area contributed by atoms with Crippen molar-refractivity contribution in [1.29, 1.82) is 0 Å². The van der Waals surface area contributed by atoms with Crippen molar-refractivity contribution in [2.24, 2.45) is 0 Å². The standard InChI is InChI=1S/C9H6Cl2F3N7/c10-6-15-7(11)17-8(16-6)20-1-2-21-4(3-20)18-19-5(21)9(12,13)14/h1-3H2. The summed E-state index contributed by atoms with van der Waals surface area (Å²) in [6, 6.07) is 0. The highest BCUT2D eigenvalue weighted by molar-refractivity contribution is 6.31. The Labute approximate surface area is 125 Å². The Hall–Kier alpha value is -1.68. The van der Waals surface area contributed by atoms with E-state index >= 15 is 0 Å². The predicted octanol–water partition coefficient (Wildman–Crippen LogP) is 1.81. The minimum atomic E-state index is -4.53. The molecule has 12 heteroatoms. The van der Waals surface area contributed by atoms with E-state index in [0.29, 0.717) is 0 Å². The summed E-state index contributed by atoms with van der Waals surface area (Å²) < 4.78 is 39.2. The first-order valence-electron chi connectivity index (χ1n) is 5.66. The van der Waals surface area contributed by atoms with E-state index in [0.717, 1.165) is 4.57 Å². The molecule has 0 radical (unpaired) electrons. The first-order chi connectivity index (χ1) is 9.84. The number of alkyl halides is 3. The van der Waals surface area contributed by atoms with Gasteiger partial charge in [0.25, 0.3) is 0 Å². The maximum absolute atomic E-state index is 12.7. The van der Waals surface area contributed by atoms with Crippen molar-refractivity contribution >= 4 is 29.2 Å². The van der Waals surface area contributed by atoms with Crippen LogP contribution in [0.5, 0.6) is 0 Å². The van der Waals surface area contributed by atoms with Crippen molar-refractivity contribution < 1.29 is 13.2 Å². The molecule has 1 aliphatic heterocycles. The van der Waals surface area contributed by atoms with Crippen LogP contribution in [0.1, 0.15) is 11.6 Å². The van der Waals surface area contributed by atoms with Gasteiger partial charge in [0.05, 0.1) is 6.54 Å². The average molecular weight is 340 g/mol. The minimum absolute atomic E-state index is 0.0537. The van der Waals surface area contributed by atoms with Crippen LogP contribution in [0, 0.1) is 0 Å². The summed E-state index contributed by atoms with van der Waals surface area (Å²) in [7, 11) is 0. The third kappa shape index (κ3) is 2.72. The SMILES string of the molecule is FC(F)(F)c1nnc2n1CCN(c1nc(Cl)nc(Cl)n1)C2. The summed E-state index contributed by atoms with van der Waals surface area (Å²) in [5, 5.41) is 6.57. The fraction of sp³-hybridized carbons (Fsp3) is 0.444. The number of halogens is 5. The molecule has 7 nitrogen and oxygen atoms in total. The molecule has 3 rings (SSSR count). The van der Waals surface area contributed by atoms with Crippen molar-refractivity contribution in [3.8, 4) is 0 Å². The molecule has 2 aromatic rings. The lowest BCUT2D eigenvalue weighted by Crippen LogP contribution is -2.36.